The minimum atomic E-state index is -4.40. The normalized spacial score (nSPS) is 14.8. The van der Waals surface area contributed by atoms with E-state index in [-0.39, 0.29) is 0 Å². The lowest BCUT2D eigenvalue weighted by Crippen LogP contribution is -2.26. The SMILES string of the molecule is CC(C)C(CC(F)(F)F)C(=O)O. The molecule has 0 radical (unpaired) electrons. The molecule has 0 aromatic carbocycles. The maximum Gasteiger partial charge on any atom is 0.389 e. The van der Waals surface area contributed by atoms with Crippen molar-refractivity contribution in [3.05, 3.63) is 0 Å². The van der Waals surface area contributed by atoms with Crippen LogP contribution in [0.2, 0.25) is 0 Å². The number of hydrogen-bond donors (Lipinski definition) is 1. The van der Waals surface area contributed by atoms with E-state index >= 15 is 0 Å². The van der Waals surface area contributed by atoms with Crippen LogP contribution in [-0.2, 0) is 4.79 Å². The van der Waals surface area contributed by atoms with E-state index in [2.05, 4.69) is 0 Å². The third-order valence-corrected chi connectivity index (χ3v) is 1.57. The molecule has 0 spiro atoms. The van der Waals surface area contributed by atoms with Gasteiger partial charge in [0, 0.05) is 0 Å². The third kappa shape index (κ3) is 4.20. The molecule has 1 N–H and O–H groups in total. The molecule has 72 valence electrons. The van der Waals surface area contributed by atoms with Crippen LogP contribution in [0.1, 0.15) is 20.3 Å². The molecule has 0 aliphatic rings. The van der Waals surface area contributed by atoms with Crippen LogP contribution >= 0.6 is 0 Å². The predicted octanol–water partition coefficient (Wildman–Crippen LogP) is 2.30. The Hall–Kier alpha value is -0.740. The van der Waals surface area contributed by atoms with Crippen molar-refractivity contribution in [3.63, 3.8) is 0 Å². The zero-order chi connectivity index (χ0) is 9.94. The molecule has 0 amide bonds. The number of hydrogen-bond acceptors (Lipinski definition) is 1. The van der Waals surface area contributed by atoms with Gasteiger partial charge in [-0.2, -0.15) is 13.2 Å². The second-order valence-electron chi connectivity index (χ2n) is 3.01. The molecule has 12 heavy (non-hydrogen) atoms. The van der Waals surface area contributed by atoms with E-state index in [9.17, 15) is 18.0 Å². The molecule has 0 aliphatic carbocycles. The Morgan fingerprint density at radius 1 is 1.42 bits per heavy atom. The minimum Gasteiger partial charge on any atom is -0.481 e. The number of rotatable bonds is 3. The fraction of sp³-hybridized carbons (Fsp3) is 0.857. The topological polar surface area (TPSA) is 37.3 Å². The molecule has 0 rings (SSSR count). The van der Waals surface area contributed by atoms with E-state index in [1.54, 1.807) is 0 Å². The van der Waals surface area contributed by atoms with Gasteiger partial charge in [0.25, 0.3) is 0 Å². The van der Waals surface area contributed by atoms with Gasteiger partial charge in [-0.05, 0) is 5.92 Å². The van der Waals surface area contributed by atoms with Gasteiger partial charge >= 0.3 is 12.1 Å². The Kier molecular flexibility index (Phi) is 3.55. The highest BCUT2D eigenvalue weighted by atomic mass is 19.4. The van der Waals surface area contributed by atoms with E-state index in [1.807, 2.05) is 0 Å². The van der Waals surface area contributed by atoms with Crippen LogP contribution in [0.25, 0.3) is 0 Å². The molecule has 0 saturated heterocycles. The first-order chi connectivity index (χ1) is 5.24. The molecule has 0 aliphatic heterocycles. The second-order valence-corrected chi connectivity index (χ2v) is 3.01. The van der Waals surface area contributed by atoms with Gasteiger partial charge in [-0.1, -0.05) is 13.8 Å². The first-order valence-electron chi connectivity index (χ1n) is 3.53. The summed E-state index contributed by atoms with van der Waals surface area (Å²) in [4.78, 5) is 10.3. The minimum absolute atomic E-state index is 0.496. The van der Waals surface area contributed by atoms with Crippen LogP contribution in [0.4, 0.5) is 13.2 Å². The Bertz CT molecular complexity index is 163. The molecule has 1 atom stereocenters. The number of carboxylic acid groups (broad SMARTS) is 1. The average Bonchev–Trinajstić information content (AvgIpc) is 1.79. The summed E-state index contributed by atoms with van der Waals surface area (Å²) >= 11 is 0. The van der Waals surface area contributed by atoms with Crippen molar-refractivity contribution >= 4 is 5.97 Å². The monoisotopic (exact) mass is 184 g/mol. The summed E-state index contributed by atoms with van der Waals surface area (Å²) in [7, 11) is 0. The summed E-state index contributed by atoms with van der Waals surface area (Å²) in [6.45, 7) is 2.93. The largest absolute Gasteiger partial charge is 0.481 e. The van der Waals surface area contributed by atoms with Crippen molar-refractivity contribution < 1.29 is 23.1 Å². The lowest BCUT2D eigenvalue weighted by molar-refractivity contribution is -0.166. The molecular formula is C7H11F3O2. The summed E-state index contributed by atoms with van der Waals surface area (Å²) < 4.78 is 35.3. The Balaban J connectivity index is 4.25. The van der Waals surface area contributed by atoms with Gasteiger partial charge in [-0.15, -0.1) is 0 Å². The van der Waals surface area contributed by atoms with Crippen LogP contribution in [0, 0.1) is 11.8 Å². The van der Waals surface area contributed by atoms with Gasteiger partial charge in [0.2, 0.25) is 0 Å². The highest BCUT2D eigenvalue weighted by Gasteiger charge is 2.36. The standard InChI is InChI=1S/C7H11F3O2/c1-4(2)5(6(11)12)3-7(8,9)10/h4-5H,3H2,1-2H3,(H,11,12). The lowest BCUT2D eigenvalue weighted by atomic mass is 9.92. The number of aliphatic carboxylic acids is 1. The smallest absolute Gasteiger partial charge is 0.389 e. The molecule has 0 aromatic heterocycles. The highest BCUT2D eigenvalue weighted by molar-refractivity contribution is 5.70. The van der Waals surface area contributed by atoms with E-state index in [1.165, 1.54) is 13.8 Å². The Morgan fingerprint density at radius 2 is 1.83 bits per heavy atom. The van der Waals surface area contributed by atoms with Crippen molar-refractivity contribution in [1.29, 1.82) is 0 Å². The Labute approximate surface area is 68.4 Å². The average molecular weight is 184 g/mol. The van der Waals surface area contributed by atoms with Gasteiger partial charge in [0.1, 0.15) is 0 Å². The third-order valence-electron chi connectivity index (χ3n) is 1.57. The predicted molar refractivity (Wildman–Crippen MR) is 36.6 cm³/mol. The number of halogens is 3. The van der Waals surface area contributed by atoms with E-state index in [0.29, 0.717) is 0 Å². The van der Waals surface area contributed by atoms with Crippen LogP contribution in [0.5, 0.6) is 0 Å². The molecule has 0 fully saturated rings. The fourth-order valence-corrected chi connectivity index (χ4v) is 0.858. The van der Waals surface area contributed by atoms with Crippen molar-refractivity contribution in [1.82, 2.24) is 0 Å². The van der Waals surface area contributed by atoms with Crippen molar-refractivity contribution in [2.45, 2.75) is 26.4 Å². The summed E-state index contributed by atoms with van der Waals surface area (Å²) in [6.07, 6.45) is -5.65. The van der Waals surface area contributed by atoms with Crippen molar-refractivity contribution in [2.24, 2.45) is 11.8 Å². The molecule has 5 heteroatoms. The maximum atomic E-state index is 11.8. The Morgan fingerprint density at radius 3 is 1.92 bits per heavy atom. The molecule has 0 aromatic rings. The van der Waals surface area contributed by atoms with Gasteiger partial charge in [0.15, 0.2) is 0 Å². The zero-order valence-corrected chi connectivity index (χ0v) is 6.85. The molecule has 1 unspecified atom stereocenters. The van der Waals surface area contributed by atoms with E-state index < -0.39 is 30.4 Å². The summed E-state index contributed by atoms with van der Waals surface area (Å²) in [6, 6.07) is 0. The second kappa shape index (κ2) is 3.78. The lowest BCUT2D eigenvalue weighted by Gasteiger charge is -2.17. The van der Waals surface area contributed by atoms with Crippen LogP contribution in [0.3, 0.4) is 0 Å². The summed E-state index contributed by atoms with van der Waals surface area (Å²) in [5.74, 6) is -3.21. The quantitative estimate of drug-likeness (QED) is 0.730. The summed E-state index contributed by atoms with van der Waals surface area (Å²) in [5, 5.41) is 8.41. The maximum absolute atomic E-state index is 11.8. The molecule has 2 nitrogen and oxygen atoms in total. The van der Waals surface area contributed by atoms with Crippen LogP contribution < -0.4 is 0 Å². The van der Waals surface area contributed by atoms with E-state index in [0.717, 1.165) is 0 Å². The van der Waals surface area contributed by atoms with Gasteiger partial charge in [-0.3, -0.25) is 4.79 Å². The van der Waals surface area contributed by atoms with E-state index in [4.69, 9.17) is 5.11 Å². The molecule has 0 bridgehead atoms. The van der Waals surface area contributed by atoms with Gasteiger partial charge < -0.3 is 5.11 Å². The number of alkyl halides is 3. The van der Waals surface area contributed by atoms with Crippen LogP contribution in [0.15, 0.2) is 0 Å². The van der Waals surface area contributed by atoms with Gasteiger partial charge in [0.05, 0.1) is 12.3 Å². The summed E-state index contributed by atoms with van der Waals surface area (Å²) in [5.41, 5.74) is 0. The number of carboxylic acids is 1. The first-order valence-corrected chi connectivity index (χ1v) is 3.53. The number of carbonyl (C=O) groups is 1. The fourth-order valence-electron chi connectivity index (χ4n) is 0.858. The molecular weight excluding hydrogens is 173 g/mol. The highest BCUT2D eigenvalue weighted by Crippen LogP contribution is 2.28. The van der Waals surface area contributed by atoms with Gasteiger partial charge in [-0.25, -0.2) is 0 Å². The van der Waals surface area contributed by atoms with Crippen molar-refractivity contribution in [3.8, 4) is 0 Å². The molecule has 0 heterocycles. The molecule has 0 saturated carbocycles. The van der Waals surface area contributed by atoms with Crippen molar-refractivity contribution in [2.75, 3.05) is 0 Å². The van der Waals surface area contributed by atoms with Crippen LogP contribution in [-0.4, -0.2) is 17.3 Å². The zero-order valence-electron chi connectivity index (χ0n) is 6.85. The first kappa shape index (κ1) is 11.3.